The highest BCUT2D eigenvalue weighted by molar-refractivity contribution is 6.26. The summed E-state index contributed by atoms with van der Waals surface area (Å²) in [5.74, 6) is 0. The minimum Gasteiger partial charge on any atom is -0.311 e. The van der Waals surface area contributed by atoms with E-state index in [1.165, 1.54) is 87.6 Å². The molecular weight excluding hydrogens is 711 g/mol. The third-order valence-electron chi connectivity index (χ3n) is 12.1. The van der Waals surface area contributed by atoms with Crippen LogP contribution in [-0.2, 0) is 0 Å². The van der Waals surface area contributed by atoms with E-state index in [9.17, 15) is 0 Å². The van der Waals surface area contributed by atoms with Crippen LogP contribution in [0.1, 0.15) is 18.4 Å². The van der Waals surface area contributed by atoms with Crippen molar-refractivity contribution in [1.82, 2.24) is 0 Å². The second kappa shape index (κ2) is 14.8. The minimum absolute atomic E-state index is 1.09. The standard InChI is InChI=1S/C58H41N/c1-3-11-40(12-4-1)43-21-29-50(30-22-43)59(51-31-23-44(24-32-51)41-13-5-2-6-14-41)52-33-25-45(26-34-52)48-27-35-55-56-36-28-49(47-20-19-42-15-7-8-16-46(42)37-47)39-58(56)54-18-10-9-17-53(54)57(55)38-48/h1,3-5,7-39H,2,6H2. The van der Waals surface area contributed by atoms with Gasteiger partial charge in [-0.3, -0.25) is 0 Å². The quantitative estimate of drug-likeness (QED) is 0.147. The van der Waals surface area contributed by atoms with E-state index in [0.717, 1.165) is 29.9 Å². The van der Waals surface area contributed by atoms with Crippen LogP contribution in [0.15, 0.2) is 224 Å². The molecule has 0 atom stereocenters. The summed E-state index contributed by atoms with van der Waals surface area (Å²) < 4.78 is 0. The van der Waals surface area contributed by atoms with Crippen molar-refractivity contribution in [1.29, 1.82) is 0 Å². The summed E-state index contributed by atoms with van der Waals surface area (Å²) >= 11 is 0. The van der Waals surface area contributed by atoms with Gasteiger partial charge in [0.15, 0.2) is 0 Å². The number of allylic oxidation sites excluding steroid dienone is 4. The first kappa shape index (κ1) is 34.7. The molecule has 0 bridgehead atoms. The Morgan fingerprint density at radius 2 is 0.729 bits per heavy atom. The van der Waals surface area contributed by atoms with Gasteiger partial charge in [0.2, 0.25) is 0 Å². The van der Waals surface area contributed by atoms with Crippen molar-refractivity contribution in [2.45, 2.75) is 12.8 Å². The van der Waals surface area contributed by atoms with Crippen LogP contribution in [0.5, 0.6) is 0 Å². The van der Waals surface area contributed by atoms with Crippen LogP contribution in [0.3, 0.4) is 0 Å². The maximum Gasteiger partial charge on any atom is 0.0462 e. The Morgan fingerprint density at radius 3 is 1.32 bits per heavy atom. The normalized spacial score (nSPS) is 12.6. The molecule has 1 heteroatoms. The Kier molecular flexibility index (Phi) is 8.71. The van der Waals surface area contributed by atoms with Crippen LogP contribution in [-0.4, -0.2) is 0 Å². The molecule has 0 aromatic heterocycles. The summed E-state index contributed by atoms with van der Waals surface area (Å²) in [7, 11) is 0. The summed E-state index contributed by atoms with van der Waals surface area (Å²) in [6, 6.07) is 75.8. The zero-order valence-electron chi connectivity index (χ0n) is 32.7. The van der Waals surface area contributed by atoms with Gasteiger partial charge < -0.3 is 4.90 Å². The second-order valence-corrected chi connectivity index (χ2v) is 15.6. The maximum absolute atomic E-state index is 2.39. The van der Waals surface area contributed by atoms with Gasteiger partial charge in [0, 0.05) is 17.1 Å². The molecule has 0 aliphatic heterocycles. The topological polar surface area (TPSA) is 3.24 Å². The van der Waals surface area contributed by atoms with Crippen molar-refractivity contribution in [3.8, 4) is 33.4 Å². The van der Waals surface area contributed by atoms with E-state index in [1.54, 1.807) is 0 Å². The summed E-state index contributed by atoms with van der Waals surface area (Å²) in [5, 5.41) is 10.2. The molecule has 0 spiro atoms. The highest BCUT2D eigenvalue weighted by Gasteiger charge is 2.16. The summed E-state index contributed by atoms with van der Waals surface area (Å²) in [4.78, 5) is 2.36. The number of benzene rings is 10. The number of hydrogen-bond acceptors (Lipinski definition) is 1. The molecule has 10 aromatic carbocycles. The molecule has 0 radical (unpaired) electrons. The number of hydrogen-bond donors (Lipinski definition) is 0. The van der Waals surface area contributed by atoms with Gasteiger partial charge in [-0.15, -0.1) is 0 Å². The van der Waals surface area contributed by atoms with E-state index in [4.69, 9.17) is 0 Å². The highest BCUT2D eigenvalue weighted by Crippen LogP contribution is 2.41. The summed E-state index contributed by atoms with van der Waals surface area (Å²) in [5.41, 5.74) is 13.2. The van der Waals surface area contributed by atoms with Gasteiger partial charge in [-0.05, 0) is 155 Å². The second-order valence-electron chi connectivity index (χ2n) is 15.6. The predicted molar refractivity (Wildman–Crippen MR) is 254 cm³/mol. The smallest absolute Gasteiger partial charge is 0.0462 e. The van der Waals surface area contributed by atoms with Crippen LogP contribution < -0.4 is 4.90 Å². The van der Waals surface area contributed by atoms with Gasteiger partial charge in [-0.1, -0.05) is 170 Å². The minimum atomic E-state index is 1.09. The Labute approximate surface area is 345 Å². The molecule has 0 saturated carbocycles. The molecule has 59 heavy (non-hydrogen) atoms. The molecule has 0 fully saturated rings. The fourth-order valence-electron chi connectivity index (χ4n) is 9.00. The first-order valence-corrected chi connectivity index (χ1v) is 20.6. The molecule has 1 aliphatic carbocycles. The van der Waals surface area contributed by atoms with Crippen LogP contribution in [0.2, 0.25) is 0 Å². The number of fused-ring (bicyclic) bond motifs is 7. The monoisotopic (exact) mass is 751 g/mol. The first-order valence-electron chi connectivity index (χ1n) is 20.6. The molecule has 0 amide bonds. The van der Waals surface area contributed by atoms with Crippen molar-refractivity contribution >= 4 is 65.7 Å². The van der Waals surface area contributed by atoms with Crippen LogP contribution in [0, 0.1) is 0 Å². The first-order chi connectivity index (χ1) is 29.2. The molecule has 0 N–H and O–H groups in total. The van der Waals surface area contributed by atoms with E-state index in [-0.39, 0.29) is 0 Å². The van der Waals surface area contributed by atoms with E-state index >= 15 is 0 Å². The average Bonchev–Trinajstić information content (AvgIpc) is 3.32. The predicted octanol–water partition coefficient (Wildman–Crippen LogP) is 16.5. The van der Waals surface area contributed by atoms with E-state index in [2.05, 4.69) is 229 Å². The molecule has 1 nitrogen and oxygen atoms in total. The molecular formula is C58H41N. The SMILES string of the molecule is C1=CC(c2ccc(N(c3ccc(-c4ccccc4)cc3)c3ccc(-c4ccc5c6ccc(-c7ccc8ccccc8c7)cc6c6ccccc6c5c4)cc3)cc2)=CCC1. The molecule has 278 valence electrons. The van der Waals surface area contributed by atoms with Gasteiger partial charge in [-0.25, -0.2) is 0 Å². The molecule has 0 saturated heterocycles. The zero-order valence-corrected chi connectivity index (χ0v) is 32.7. The van der Waals surface area contributed by atoms with Crippen LogP contribution >= 0.6 is 0 Å². The number of rotatable bonds is 7. The van der Waals surface area contributed by atoms with Crippen molar-refractivity contribution < 1.29 is 0 Å². The van der Waals surface area contributed by atoms with Crippen molar-refractivity contribution in [3.05, 3.63) is 230 Å². The van der Waals surface area contributed by atoms with Gasteiger partial charge >= 0.3 is 0 Å². The third kappa shape index (κ3) is 6.48. The molecule has 11 rings (SSSR count). The number of nitrogens with zero attached hydrogens (tertiary/aromatic N) is 1. The van der Waals surface area contributed by atoms with Gasteiger partial charge in [0.05, 0.1) is 0 Å². The van der Waals surface area contributed by atoms with Gasteiger partial charge in [-0.2, -0.15) is 0 Å². The van der Waals surface area contributed by atoms with E-state index in [0.29, 0.717) is 0 Å². The lowest BCUT2D eigenvalue weighted by molar-refractivity contribution is 1.04. The lowest BCUT2D eigenvalue weighted by atomic mass is 9.90. The third-order valence-corrected chi connectivity index (χ3v) is 12.1. The largest absolute Gasteiger partial charge is 0.311 e. The summed E-state index contributed by atoms with van der Waals surface area (Å²) in [6.07, 6.45) is 9.07. The molecule has 0 unspecified atom stereocenters. The van der Waals surface area contributed by atoms with E-state index < -0.39 is 0 Å². The fraction of sp³-hybridized carbons (Fsp3) is 0.0345. The van der Waals surface area contributed by atoms with E-state index in [1.807, 2.05) is 0 Å². The number of anilines is 3. The summed E-state index contributed by atoms with van der Waals surface area (Å²) in [6.45, 7) is 0. The van der Waals surface area contributed by atoms with Crippen molar-refractivity contribution in [2.24, 2.45) is 0 Å². The average molecular weight is 752 g/mol. The van der Waals surface area contributed by atoms with Crippen molar-refractivity contribution in [3.63, 3.8) is 0 Å². The van der Waals surface area contributed by atoms with Crippen LogP contribution in [0.4, 0.5) is 17.1 Å². The van der Waals surface area contributed by atoms with Gasteiger partial charge in [0.1, 0.15) is 0 Å². The highest BCUT2D eigenvalue weighted by atomic mass is 15.1. The Bertz CT molecular complexity index is 3200. The lowest BCUT2D eigenvalue weighted by Gasteiger charge is -2.26. The fourth-order valence-corrected chi connectivity index (χ4v) is 9.00. The Morgan fingerprint density at radius 1 is 0.288 bits per heavy atom. The lowest BCUT2D eigenvalue weighted by Crippen LogP contribution is -2.10. The Hall–Kier alpha value is -7.48. The van der Waals surface area contributed by atoms with Gasteiger partial charge in [0.25, 0.3) is 0 Å². The molecule has 10 aromatic rings. The molecule has 1 aliphatic rings. The Balaban J connectivity index is 0.967. The zero-order chi connectivity index (χ0) is 39.1. The maximum atomic E-state index is 2.39. The van der Waals surface area contributed by atoms with Crippen LogP contribution in [0.25, 0.3) is 82.0 Å². The van der Waals surface area contributed by atoms with Crippen molar-refractivity contribution in [2.75, 3.05) is 4.90 Å². The molecule has 0 heterocycles.